The highest BCUT2D eigenvalue weighted by Gasteiger charge is 2.37. The summed E-state index contributed by atoms with van der Waals surface area (Å²) in [4.78, 5) is 11.3. The van der Waals surface area contributed by atoms with Gasteiger partial charge in [0.15, 0.2) is 0 Å². The molecule has 3 heteroatoms. The maximum atomic E-state index is 11.3. The first kappa shape index (κ1) is 8.95. The summed E-state index contributed by atoms with van der Waals surface area (Å²) in [5.74, 6) is 2.81. The number of hydrogen-bond donors (Lipinski definition) is 0. The molecule has 1 spiro atoms. The van der Waals surface area contributed by atoms with Crippen molar-refractivity contribution < 1.29 is 4.79 Å². The lowest BCUT2D eigenvalue weighted by Crippen LogP contribution is -2.32. The number of hydrogen-bond acceptors (Lipinski definition) is 3. The summed E-state index contributed by atoms with van der Waals surface area (Å²) >= 11 is 4.06. The highest BCUT2D eigenvalue weighted by Crippen LogP contribution is 2.50. The normalized spacial score (nSPS) is 37.2. The maximum absolute atomic E-state index is 11.3. The molecule has 0 saturated carbocycles. The van der Waals surface area contributed by atoms with Gasteiger partial charge in [-0.25, -0.2) is 0 Å². The summed E-state index contributed by atoms with van der Waals surface area (Å²) in [5.41, 5.74) is 0. The minimum absolute atomic E-state index is 0.313. The van der Waals surface area contributed by atoms with Crippen LogP contribution in [0.4, 0.5) is 0 Å². The minimum atomic E-state index is 0.313. The summed E-state index contributed by atoms with van der Waals surface area (Å²) in [6.45, 7) is 0. The van der Waals surface area contributed by atoms with Gasteiger partial charge in [-0.05, 0) is 18.6 Å². The Morgan fingerprint density at radius 3 is 2.67 bits per heavy atom. The number of thioether (sulfide) groups is 2. The lowest BCUT2D eigenvalue weighted by Gasteiger charge is -2.38. The Balaban J connectivity index is 2.02. The molecule has 0 amide bonds. The molecule has 2 saturated heterocycles. The van der Waals surface area contributed by atoms with Crippen LogP contribution in [0, 0.1) is 0 Å². The number of Topliss-reactive ketones (excluding diaryl/α,β-unsaturated/α-hetero) is 1. The second-order valence-electron chi connectivity index (χ2n) is 3.53. The largest absolute Gasteiger partial charge is 0.300 e. The van der Waals surface area contributed by atoms with Crippen LogP contribution in [0.3, 0.4) is 0 Å². The molecule has 0 aliphatic carbocycles. The molecular weight excluding hydrogens is 188 g/mol. The van der Waals surface area contributed by atoms with Crippen LogP contribution >= 0.6 is 23.5 Å². The Bertz CT molecular complexity index is 179. The quantitative estimate of drug-likeness (QED) is 0.601. The molecule has 2 heterocycles. The number of carbonyl (C=O) groups excluding carboxylic acids is 1. The smallest absolute Gasteiger partial charge is 0.135 e. The SMILES string of the molecule is O=C1CCSC2(CCCCS2)C1. The molecule has 1 nitrogen and oxygen atoms in total. The van der Waals surface area contributed by atoms with Gasteiger partial charge < -0.3 is 0 Å². The van der Waals surface area contributed by atoms with E-state index in [0.717, 1.165) is 18.6 Å². The molecule has 2 rings (SSSR count). The van der Waals surface area contributed by atoms with Crippen molar-refractivity contribution in [2.24, 2.45) is 0 Å². The van der Waals surface area contributed by atoms with E-state index < -0.39 is 0 Å². The molecule has 2 fully saturated rings. The van der Waals surface area contributed by atoms with Crippen molar-refractivity contribution >= 4 is 29.3 Å². The third-order valence-corrected chi connectivity index (χ3v) is 5.89. The zero-order valence-corrected chi connectivity index (χ0v) is 8.81. The molecule has 2 aliphatic heterocycles. The van der Waals surface area contributed by atoms with E-state index in [1.54, 1.807) is 0 Å². The molecule has 0 bridgehead atoms. The van der Waals surface area contributed by atoms with Crippen LogP contribution in [-0.2, 0) is 4.79 Å². The van der Waals surface area contributed by atoms with Crippen LogP contribution in [0.1, 0.15) is 32.1 Å². The number of carbonyl (C=O) groups is 1. The van der Waals surface area contributed by atoms with Crippen LogP contribution in [0.5, 0.6) is 0 Å². The van der Waals surface area contributed by atoms with E-state index in [1.807, 2.05) is 23.5 Å². The molecule has 0 aromatic heterocycles. The monoisotopic (exact) mass is 202 g/mol. The molecule has 2 aliphatic rings. The topological polar surface area (TPSA) is 17.1 Å². The van der Waals surface area contributed by atoms with E-state index in [0.29, 0.717) is 9.86 Å². The molecule has 0 N–H and O–H groups in total. The molecule has 0 aromatic carbocycles. The molecule has 0 radical (unpaired) electrons. The first-order valence-corrected chi connectivity index (χ1v) is 6.58. The van der Waals surface area contributed by atoms with Crippen LogP contribution in [0.15, 0.2) is 0 Å². The van der Waals surface area contributed by atoms with Gasteiger partial charge >= 0.3 is 0 Å². The Morgan fingerprint density at radius 1 is 1.17 bits per heavy atom. The van der Waals surface area contributed by atoms with E-state index in [9.17, 15) is 4.79 Å². The third-order valence-electron chi connectivity index (χ3n) is 2.53. The second-order valence-corrected chi connectivity index (χ2v) is 6.75. The average Bonchev–Trinajstić information content (AvgIpc) is 2.05. The Kier molecular flexibility index (Phi) is 2.70. The van der Waals surface area contributed by atoms with Crippen molar-refractivity contribution in [3.8, 4) is 0 Å². The molecule has 1 unspecified atom stereocenters. The van der Waals surface area contributed by atoms with Crippen molar-refractivity contribution in [1.82, 2.24) is 0 Å². The van der Waals surface area contributed by atoms with Crippen molar-refractivity contribution in [2.75, 3.05) is 11.5 Å². The Morgan fingerprint density at radius 2 is 2.00 bits per heavy atom. The minimum Gasteiger partial charge on any atom is -0.300 e. The fourth-order valence-corrected chi connectivity index (χ4v) is 5.23. The van der Waals surface area contributed by atoms with E-state index in [4.69, 9.17) is 0 Å². The van der Waals surface area contributed by atoms with E-state index in [-0.39, 0.29) is 0 Å². The van der Waals surface area contributed by atoms with E-state index >= 15 is 0 Å². The standard InChI is InChI=1S/C9H14OS2/c10-8-3-6-12-9(7-8)4-1-2-5-11-9/h1-7H2. The fourth-order valence-electron chi connectivity index (χ4n) is 1.87. The number of ketones is 1. The van der Waals surface area contributed by atoms with Gasteiger partial charge in [-0.15, -0.1) is 23.5 Å². The van der Waals surface area contributed by atoms with Crippen LogP contribution in [0.25, 0.3) is 0 Å². The predicted octanol–water partition coefficient (Wildman–Crippen LogP) is 2.70. The molecule has 12 heavy (non-hydrogen) atoms. The Labute approximate surface area is 82.1 Å². The van der Waals surface area contributed by atoms with Gasteiger partial charge in [-0.1, -0.05) is 6.42 Å². The van der Waals surface area contributed by atoms with Crippen molar-refractivity contribution in [3.63, 3.8) is 0 Å². The summed E-state index contributed by atoms with van der Waals surface area (Å²) in [5, 5.41) is 0. The van der Waals surface area contributed by atoms with Crippen molar-refractivity contribution in [1.29, 1.82) is 0 Å². The Hall–Kier alpha value is 0.370. The van der Waals surface area contributed by atoms with Crippen LogP contribution < -0.4 is 0 Å². The third kappa shape index (κ3) is 1.82. The van der Waals surface area contributed by atoms with Gasteiger partial charge in [0.1, 0.15) is 5.78 Å². The average molecular weight is 202 g/mol. The highest BCUT2D eigenvalue weighted by atomic mass is 32.2. The fraction of sp³-hybridized carbons (Fsp3) is 0.889. The van der Waals surface area contributed by atoms with E-state index in [2.05, 4.69) is 0 Å². The molecule has 0 aromatic rings. The highest BCUT2D eigenvalue weighted by molar-refractivity contribution is 8.18. The second kappa shape index (κ2) is 3.62. The molecule has 68 valence electrons. The van der Waals surface area contributed by atoms with Crippen molar-refractivity contribution in [3.05, 3.63) is 0 Å². The predicted molar refractivity (Wildman–Crippen MR) is 55.7 cm³/mol. The van der Waals surface area contributed by atoms with Gasteiger partial charge in [-0.3, -0.25) is 4.79 Å². The number of rotatable bonds is 0. The summed E-state index contributed by atoms with van der Waals surface area (Å²) in [6, 6.07) is 0. The zero-order valence-electron chi connectivity index (χ0n) is 7.17. The van der Waals surface area contributed by atoms with E-state index in [1.165, 1.54) is 25.0 Å². The van der Waals surface area contributed by atoms with Gasteiger partial charge in [-0.2, -0.15) is 0 Å². The van der Waals surface area contributed by atoms with Gasteiger partial charge in [0.25, 0.3) is 0 Å². The lowest BCUT2D eigenvalue weighted by molar-refractivity contribution is -0.119. The van der Waals surface area contributed by atoms with Gasteiger partial charge in [0.2, 0.25) is 0 Å². The maximum Gasteiger partial charge on any atom is 0.135 e. The van der Waals surface area contributed by atoms with Crippen LogP contribution in [0.2, 0.25) is 0 Å². The van der Waals surface area contributed by atoms with Gasteiger partial charge in [0.05, 0.1) is 4.08 Å². The summed E-state index contributed by atoms with van der Waals surface area (Å²) in [6.07, 6.45) is 5.58. The van der Waals surface area contributed by atoms with Crippen LogP contribution in [-0.4, -0.2) is 21.4 Å². The first-order chi connectivity index (χ1) is 5.81. The lowest BCUT2D eigenvalue weighted by atomic mass is 10.1. The first-order valence-electron chi connectivity index (χ1n) is 4.60. The summed E-state index contributed by atoms with van der Waals surface area (Å²) in [7, 11) is 0. The molecular formula is C9H14OS2. The molecule has 1 atom stereocenters. The van der Waals surface area contributed by atoms with Gasteiger partial charge in [0, 0.05) is 18.6 Å². The van der Waals surface area contributed by atoms with Crippen molar-refractivity contribution in [2.45, 2.75) is 36.2 Å². The summed E-state index contributed by atoms with van der Waals surface area (Å²) < 4.78 is 0.313. The zero-order chi connectivity index (χ0) is 8.44.